The molecule has 0 aliphatic heterocycles. The lowest BCUT2D eigenvalue weighted by molar-refractivity contribution is 0.256. The van der Waals surface area contributed by atoms with Crippen LogP contribution >= 0.6 is 0 Å². The van der Waals surface area contributed by atoms with Gasteiger partial charge in [-0.25, -0.2) is 0 Å². The van der Waals surface area contributed by atoms with Crippen molar-refractivity contribution in [2.24, 2.45) is 5.92 Å². The first-order chi connectivity index (χ1) is 10.8. The molecule has 1 atom stereocenters. The van der Waals surface area contributed by atoms with Crippen LogP contribution in [0.5, 0.6) is 0 Å². The van der Waals surface area contributed by atoms with E-state index < -0.39 is 10.4 Å². The zero-order valence-electron chi connectivity index (χ0n) is 15.0. The van der Waals surface area contributed by atoms with Gasteiger partial charge in [-0.15, -0.1) is 0 Å². The molecule has 0 saturated heterocycles. The predicted octanol–water partition coefficient (Wildman–Crippen LogP) is 4.37. The van der Waals surface area contributed by atoms with Crippen molar-refractivity contribution in [3.05, 3.63) is 0 Å². The third kappa shape index (κ3) is 34.3. The molecule has 23 heavy (non-hydrogen) atoms. The Balaban J connectivity index is 0. The van der Waals surface area contributed by atoms with Gasteiger partial charge in [-0.3, -0.25) is 8.42 Å². The highest BCUT2D eigenvalue weighted by molar-refractivity contribution is 7.79. The van der Waals surface area contributed by atoms with Crippen molar-refractivity contribution in [1.29, 1.82) is 0 Å². The molecule has 6 heteroatoms. The van der Waals surface area contributed by atoms with Crippen LogP contribution in [0.3, 0.4) is 0 Å². The highest BCUT2D eigenvalue weighted by Crippen LogP contribution is 2.15. The number of unbranched alkanes of at least 4 members (excludes halogenated alkanes) is 10. The normalized spacial score (nSPS) is 12.6. The summed E-state index contributed by atoms with van der Waals surface area (Å²) in [5.41, 5.74) is 0. The van der Waals surface area contributed by atoms with Crippen molar-refractivity contribution < 1.29 is 22.6 Å². The van der Waals surface area contributed by atoms with E-state index >= 15 is 0 Å². The van der Waals surface area contributed by atoms with Crippen LogP contribution in [0.1, 0.15) is 97.3 Å². The fourth-order valence-electron chi connectivity index (χ4n) is 2.52. The van der Waals surface area contributed by atoms with Crippen molar-refractivity contribution >= 4 is 10.4 Å². The molecule has 0 aliphatic rings. The van der Waals surface area contributed by atoms with E-state index in [1.54, 1.807) is 0 Å². The molecular weight excluding hydrogens is 316 g/mol. The average molecular weight is 353 g/mol. The minimum Gasteiger partial charge on any atom is -0.759 e. The maximum atomic E-state index is 8.81. The monoisotopic (exact) mass is 352 g/mol. The number of aliphatic hydroxyl groups excluding tert-OH is 1. The van der Waals surface area contributed by atoms with Crippen molar-refractivity contribution in [3.63, 3.8) is 0 Å². The van der Waals surface area contributed by atoms with Crippen LogP contribution in [0.25, 0.3) is 0 Å². The van der Waals surface area contributed by atoms with E-state index in [9.17, 15) is 0 Å². The number of hydrogen-bond donors (Lipinski definition) is 1. The summed E-state index contributed by atoms with van der Waals surface area (Å²) in [6.45, 7) is 4.90. The van der Waals surface area contributed by atoms with Crippen LogP contribution in [0.2, 0.25) is 0 Å². The molecular formula is C17H36O5S-2. The Hall–Kier alpha value is -0.170. The first kappa shape index (κ1) is 25.1. The molecule has 0 spiro atoms. The van der Waals surface area contributed by atoms with Crippen LogP contribution in [0, 0.1) is 5.92 Å². The highest BCUT2D eigenvalue weighted by atomic mass is 32.3. The summed E-state index contributed by atoms with van der Waals surface area (Å²) in [4.78, 5) is 0. The molecule has 0 heterocycles. The third-order valence-electron chi connectivity index (χ3n) is 3.92. The summed E-state index contributed by atoms with van der Waals surface area (Å²) in [7, 11) is -5.17. The lowest BCUT2D eigenvalue weighted by Crippen LogP contribution is -1.97. The second-order valence-electron chi connectivity index (χ2n) is 6.35. The van der Waals surface area contributed by atoms with E-state index in [0.29, 0.717) is 12.5 Å². The fourth-order valence-corrected chi connectivity index (χ4v) is 2.52. The van der Waals surface area contributed by atoms with Gasteiger partial charge in [0.2, 0.25) is 0 Å². The van der Waals surface area contributed by atoms with Crippen molar-refractivity contribution in [3.8, 4) is 0 Å². The molecule has 0 saturated carbocycles. The van der Waals surface area contributed by atoms with Gasteiger partial charge in [0, 0.05) is 17.0 Å². The number of rotatable bonds is 14. The summed E-state index contributed by atoms with van der Waals surface area (Å²) in [5, 5.41) is 8.81. The lowest BCUT2D eigenvalue weighted by Gasteiger charge is -2.08. The van der Waals surface area contributed by atoms with Crippen LogP contribution in [0.15, 0.2) is 0 Å². The Bertz CT molecular complexity index is 309. The second kappa shape index (κ2) is 18.2. The largest absolute Gasteiger partial charge is 0.759 e. The molecule has 0 aromatic heterocycles. The molecule has 5 nitrogen and oxygen atoms in total. The Labute approximate surface area is 143 Å². The van der Waals surface area contributed by atoms with Crippen LogP contribution in [-0.2, 0) is 10.4 Å². The fraction of sp³-hybridized carbons (Fsp3) is 1.00. The van der Waals surface area contributed by atoms with Crippen LogP contribution < -0.4 is 0 Å². The third-order valence-corrected chi connectivity index (χ3v) is 3.92. The summed E-state index contributed by atoms with van der Waals surface area (Å²) >= 11 is 0. The lowest BCUT2D eigenvalue weighted by atomic mass is 9.99. The topological polar surface area (TPSA) is 100 Å². The van der Waals surface area contributed by atoms with Gasteiger partial charge in [0.05, 0.1) is 0 Å². The zero-order valence-corrected chi connectivity index (χ0v) is 15.8. The molecule has 0 amide bonds. The van der Waals surface area contributed by atoms with Gasteiger partial charge in [0.25, 0.3) is 0 Å². The first-order valence-corrected chi connectivity index (χ1v) is 10.4. The quantitative estimate of drug-likeness (QED) is 0.284. The predicted molar refractivity (Wildman–Crippen MR) is 92.4 cm³/mol. The Morgan fingerprint density at radius 1 is 0.783 bits per heavy atom. The minimum atomic E-state index is -5.17. The average Bonchev–Trinajstić information content (AvgIpc) is 2.43. The smallest absolute Gasteiger partial charge is 0.0433 e. The van der Waals surface area contributed by atoms with E-state index in [1.165, 1.54) is 77.0 Å². The van der Waals surface area contributed by atoms with E-state index in [0.717, 1.165) is 6.42 Å². The zero-order chi connectivity index (χ0) is 18.0. The molecule has 142 valence electrons. The minimum absolute atomic E-state index is 0.360. The molecule has 0 aliphatic carbocycles. The number of aliphatic hydroxyl groups is 1. The molecule has 0 radical (unpaired) electrons. The van der Waals surface area contributed by atoms with Gasteiger partial charge >= 0.3 is 0 Å². The van der Waals surface area contributed by atoms with Crippen molar-refractivity contribution in [2.75, 3.05) is 6.61 Å². The standard InChI is InChI=1S/C17H36O.H2O4S/c1-3-4-5-6-7-8-9-10-11-12-13-14-17(2)15-16-18;1-5(2,3)4/h17-18H,3-16H2,1-2H3;(H2,1,2,3,4)/p-2. The van der Waals surface area contributed by atoms with E-state index in [-0.39, 0.29) is 0 Å². The van der Waals surface area contributed by atoms with Gasteiger partial charge in [0.15, 0.2) is 0 Å². The maximum absolute atomic E-state index is 8.81. The van der Waals surface area contributed by atoms with E-state index in [1.807, 2.05) is 0 Å². The molecule has 0 rings (SSSR count). The molecule has 0 aromatic rings. The summed E-state index contributed by atoms with van der Waals surface area (Å²) < 4.78 is 34.1. The van der Waals surface area contributed by atoms with Crippen LogP contribution in [-0.4, -0.2) is 29.2 Å². The molecule has 0 bridgehead atoms. The Kier molecular flexibility index (Phi) is 19.8. The summed E-state index contributed by atoms with van der Waals surface area (Å²) in [6.07, 6.45) is 17.9. The van der Waals surface area contributed by atoms with E-state index in [2.05, 4.69) is 13.8 Å². The second-order valence-corrected chi connectivity index (χ2v) is 7.17. The maximum Gasteiger partial charge on any atom is 0.0433 e. The van der Waals surface area contributed by atoms with Gasteiger partial charge in [-0.05, 0) is 12.3 Å². The molecule has 0 aromatic carbocycles. The Morgan fingerprint density at radius 2 is 1.13 bits per heavy atom. The van der Waals surface area contributed by atoms with E-state index in [4.69, 9.17) is 22.6 Å². The van der Waals surface area contributed by atoms with Gasteiger partial charge in [-0.2, -0.15) is 0 Å². The summed E-state index contributed by atoms with van der Waals surface area (Å²) in [5.74, 6) is 0.716. The van der Waals surface area contributed by atoms with Crippen LogP contribution in [0.4, 0.5) is 0 Å². The SMILES string of the molecule is CCCCCCCCCCCCCC(C)CCO.O=S(=O)([O-])[O-]. The van der Waals surface area contributed by atoms with Gasteiger partial charge in [0.1, 0.15) is 0 Å². The van der Waals surface area contributed by atoms with Crippen molar-refractivity contribution in [2.45, 2.75) is 97.3 Å². The van der Waals surface area contributed by atoms with Crippen molar-refractivity contribution in [1.82, 2.24) is 0 Å². The molecule has 1 N–H and O–H groups in total. The number of hydrogen-bond acceptors (Lipinski definition) is 5. The molecule has 1 unspecified atom stereocenters. The van der Waals surface area contributed by atoms with Gasteiger partial charge in [-0.1, -0.05) is 90.9 Å². The molecule has 0 fully saturated rings. The van der Waals surface area contributed by atoms with Gasteiger partial charge < -0.3 is 14.2 Å². The Morgan fingerprint density at radius 3 is 1.48 bits per heavy atom. The highest BCUT2D eigenvalue weighted by Gasteiger charge is 2.00. The summed E-state index contributed by atoms with van der Waals surface area (Å²) in [6, 6.07) is 0. The first-order valence-electron chi connectivity index (χ1n) is 9.08.